The Morgan fingerprint density at radius 1 is 0.704 bits per heavy atom. The molecular formula is C18H15NO6S2. The summed E-state index contributed by atoms with van der Waals surface area (Å²) >= 11 is 0. The van der Waals surface area contributed by atoms with Crippen LogP contribution in [0.25, 0.3) is 0 Å². The first-order chi connectivity index (χ1) is 12.8. The Kier molecular flexibility index (Phi) is 5.06. The molecule has 0 aliphatic rings. The maximum Gasteiger partial charge on any atom is 0.339 e. The zero-order valence-electron chi connectivity index (χ0n) is 13.8. The van der Waals surface area contributed by atoms with E-state index in [0.717, 1.165) is 0 Å². The molecule has 3 rings (SSSR count). The third-order valence-electron chi connectivity index (χ3n) is 3.49. The SMILES string of the molecule is O=S(=O)(Nc1ccccc1)c1ccc(OS(=O)(=O)c2ccc(O)cc2)cc1. The number of anilines is 1. The molecule has 0 fully saturated rings. The topological polar surface area (TPSA) is 110 Å². The van der Waals surface area contributed by atoms with Crippen LogP contribution < -0.4 is 8.91 Å². The van der Waals surface area contributed by atoms with Crippen LogP contribution in [0.5, 0.6) is 11.5 Å². The summed E-state index contributed by atoms with van der Waals surface area (Å²) in [5, 5.41) is 9.23. The largest absolute Gasteiger partial charge is 0.508 e. The molecule has 9 heteroatoms. The van der Waals surface area contributed by atoms with E-state index in [0.29, 0.717) is 5.69 Å². The second kappa shape index (κ2) is 7.29. The quantitative estimate of drug-likeness (QED) is 0.610. The van der Waals surface area contributed by atoms with Crippen molar-refractivity contribution in [2.24, 2.45) is 0 Å². The second-order valence-electron chi connectivity index (χ2n) is 5.47. The molecule has 0 amide bonds. The smallest absolute Gasteiger partial charge is 0.339 e. The van der Waals surface area contributed by atoms with Crippen molar-refractivity contribution < 1.29 is 26.1 Å². The molecule has 0 atom stereocenters. The highest BCUT2D eigenvalue weighted by Gasteiger charge is 2.18. The number of phenols is 1. The third-order valence-corrected chi connectivity index (χ3v) is 6.15. The summed E-state index contributed by atoms with van der Waals surface area (Å²) < 4.78 is 56.5. The van der Waals surface area contributed by atoms with Crippen molar-refractivity contribution in [3.05, 3.63) is 78.9 Å². The summed E-state index contributed by atoms with van der Waals surface area (Å²) in [5.74, 6) is -0.115. The van der Waals surface area contributed by atoms with Gasteiger partial charge in [-0.25, -0.2) is 8.42 Å². The number of benzene rings is 3. The van der Waals surface area contributed by atoms with Gasteiger partial charge in [-0.15, -0.1) is 0 Å². The lowest BCUT2D eigenvalue weighted by atomic mass is 10.3. The van der Waals surface area contributed by atoms with Gasteiger partial charge in [-0.2, -0.15) is 8.42 Å². The van der Waals surface area contributed by atoms with E-state index in [4.69, 9.17) is 4.18 Å². The standard InChI is InChI=1S/C18H15NO6S2/c20-15-6-10-18(11-7-15)27(23,24)25-16-8-12-17(13-9-16)26(21,22)19-14-4-2-1-3-5-14/h1-13,19-20H. The molecule has 0 bridgehead atoms. The molecule has 0 spiro atoms. The number of nitrogens with one attached hydrogen (secondary N) is 1. The first kappa shape index (κ1) is 18.7. The minimum Gasteiger partial charge on any atom is -0.508 e. The van der Waals surface area contributed by atoms with Gasteiger partial charge in [0, 0.05) is 5.69 Å². The van der Waals surface area contributed by atoms with Gasteiger partial charge in [0.2, 0.25) is 0 Å². The Labute approximate surface area is 157 Å². The third kappa shape index (κ3) is 4.57. The van der Waals surface area contributed by atoms with Crippen molar-refractivity contribution in [2.75, 3.05) is 4.72 Å². The molecule has 0 saturated carbocycles. The molecule has 0 unspecified atom stereocenters. The number of aromatic hydroxyl groups is 1. The van der Waals surface area contributed by atoms with Crippen LogP contribution in [0.15, 0.2) is 88.7 Å². The van der Waals surface area contributed by atoms with Crippen LogP contribution in [0.4, 0.5) is 5.69 Å². The number of rotatable bonds is 6. The maximum absolute atomic E-state index is 12.4. The van der Waals surface area contributed by atoms with E-state index in [2.05, 4.69) is 4.72 Å². The minimum atomic E-state index is -4.10. The molecule has 27 heavy (non-hydrogen) atoms. The van der Waals surface area contributed by atoms with Crippen LogP contribution in [0, 0.1) is 0 Å². The van der Waals surface area contributed by atoms with Crippen LogP contribution in [0.2, 0.25) is 0 Å². The second-order valence-corrected chi connectivity index (χ2v) is 8.70. The van der Waals surface area contributed by atoms with Crippen LogP contribution in [0.3, 0.4) is 0 Å². The summed E-state index contributed by atoms with van der Waals surface area (Å²) in [6.07, 6.45) is 0. The first-order valence-electron chi connectivity index (χ1n) is 7.68. The first-order valence-corrected chi connectivity index (χ1v) is 10.6. The Morgan fingerprint density at radius 2 is 1.26 bits per heavy atom. The Bertz CT molecular complexity index is 1120. The van der Waals surface area contributed by atoms with E-state index in [9.17, 15) is 21.9 Å². The summed E-state index contributed by atoms with van der Waals surface area (Å²) in [5.41, 5.74) is 0.410. The van der Waals surface area contributed by atoms with Crippen LogP contribution >= 0.6 is 0 Å². The number of hydrogen-bond donors (Lipinski definition) is 2. The zero-order chi connectivity index (χ0) is 19.5. The molecule has 0 aliphatic carbocycles. The fraction of sp³-hybridized carbons (Fsp3) is 0. The average molecular weight is 405 g/mol. The van der Waals surface area contributed by atoms with Crippen LogP contribution in [0.1, 0.15) is 0 Å². The summed E-state index contributed by atoms with van der Waals surface area (Å²) in [6, 6.07) is 18.2. The van der Waals surface area contributed by atoms with Crippen molar-refractivity contribution in [3.63, 3.8) is 0 Å². The lowest BCUT2D eigenvalue weighted by molar-refractivity contribution is 0.473. The van der Waals surface area contributed by atoms with Gasteiger partial charge in [-0.05, 0) is 60.7 Å². The molecule has 2 N–H and O–H groups in total. The van der Waals surface area contributed by atoms with Crippen LogP contribution in [-0.2, 0) is 20.1 Å². The summed E-state index contributed by atoms with van der Waals surface area (Å²) in [6.45, 7) is 0. The predicted octanol–water partition coefficient (Wildman–Crippen LogP) is 2.96. The number of phenolic OH excluding ortho intramolecular Hbond substituents is 1. The van der Waals surface area contributed by atoms with Gasteiger partial charge in [0.25, 0.3) is 10.0 Å². The molecule has 3 aromatic carbocycles. The van der Waals surface area contributed by atoms with Crippen LogP contribution in [-0.4, -0.2) is 21.9 Å². The maximum atomic E-state index is 12.4. The molecule has 0 heterocycles. The van der Waals surface area contributed by atoms with Crippen molar-refractivity contribution in [2.45, 2.75) is 9.79 Å². The number of sulfonamides is 1. The Hall–Kier alpha value is -3.04. The summed E-state index contributed by atoms with van der Waals surface area (Å²) in [7, 11) is -7.92. The molecule has 7 nitrogen and oxygen atoms in total. The minimum absolute atomic E-state index is 0.0401. The molecule has 3 aromatic rings. The Morgan fingerprint density at radius 3 is 1.85 bits per heavy atom. The van der Waals surface area contributed by atoms with Gasteiger partial charge in [0.1, 0.15) is 16.4 Å². The van der Waals surface area contributed by atoms with Gasteiger partial charge >= 0.3 is 10.1 Å². The Balaban J connectivity index is 1.78. The normalized spacial score (nSPS) is 11.7. The monoisotopic (exact) mass is 405 g/mol. The number of para-hydroxylation sites is 1. The van der Waals surface area contributed by atoms with Gasteiger partial charge < -0.3 is 9.29 Å². The average Bonchev–Trinajstić information content (AvgIpc) is 2.63. The molecule has 0 aliphatic heterocycles. The highest BCUT2D eigenvalue weighted by Crippen LogP contribution is 2.23. The van der Waals surface area contributed by atoms with Gasteiger partial charge in [-0.1, -0.05) is 18.2 Å². The fourth-order valence-corrected chi connectivity index (χ4v) is 4.17. The molecule has 0 saturated heterocycles. The number of hydrogen-bond acceptors (Lipinski definition) is 6. The lowest BCUT2D eigenvalue weighted by Gasteiger charge is -2.10. The molecule has 0 aromatic heterocycles. The predicted molar refractivity (Wildman–Crippen MR) is 99.6 cm³/mol. The van der Waals surface area contributed by atoms with E-state index in [-0.39, 0.29) is 21.3 Å². The van der Waals surface area contributed by atoms with Gasteiger partial charge in [-0.3, -0.25) is 4.72 Å². The molecular weight excluding hydrogens is 390 g/mol. The van der Waals surface area contributed by atoms with Gasteiger partial charge in [0.15, 0.2) is 0 Å². The molecule has 140 valence electrons. The van der Waals surface area contributed by atoms with Crippen molar-refractivity contribution >= 4 is 25.8 Å². The van der Waals surface area contributed by atoms with E-state index in [1.807, 2.05) is 0 Å². The van der Waals surface area contributed by atoms with E-state index < -0.39 is 20.1 Å². The zero-order valence-corrected chi connectivity index (χ0v) is 15.4. The van der Waals surface area contributed by atoms with Gasteiger partial charge in [0.05, 0.1) is 4.90 Å². The van der Waals surface area contributed by atoms with Crippen molar-refractivity contribution in [3.8, 4) is 11.5 Å². The molecule has 0 radical (unpaired) electrons. The fourth-order valence-electron chi connectivity index (χ4n) is 2.18. The highest BCUT2D eigenvalue weighted by atomic mass is 32.2. The van der Waals surface area contributed by atoms with Crippen molar-refractivity contribution in [1.29, 1.82) is 0 Å². The van der Waals surface area contributed by atoms with E-state index >= 15 is 0 Å². The van der Waals surface area contributed by atoms with E-state index in [1.165, 1.54) is 48.5 Å². The van der Waals surface area contributed by atoms with E-state index in [1.54, 1.807) is 30.3 Å². The highest BCUT2D eigenvalue weighted by molar-refractivity contribution is 7.92. The summed E-state index contributed by atoms with van der Waals surface area (Å²) in [4.78, 5) is -0.177. The van der Waals surface area contributed by atoms with Crippen molar-refractivity contribution in [1.82, 2.24) is 0 Å². The lowest BCUT2D eigenvalue weighted by Crippen LogP contribution is -2.13.